The van der Waals surface area contributed by atoms with Crippen molar-refractivity contribution in [1.29, 1.82) is 0 Å². The van der Waals surface area contributed by atoms with E-state index in [1.54, 1.807) is 0 Å². The van der Waals surface area contributed by atoms with E-state index < -0.39 is 0 Å². The highest BCUT2D eigenvalue weighted by atomic mass is 35.5. The molecule has 1 fully saturated rings. The van der Waals surface area contributed by atoms with Crippen molar-refractivity contribution >= 4 is 18.4 Å². The van der Waals surface area contributed by atoms with Gasteiger partial charge in [-0.05, 0) is 25.7 Å². The first-order valence-corrected chi connectivity index (χ1v) is 5.52. The predicted molar refractivity (Wildman–Crippen MR) is 63.1 cm³/mol. The molecule has 90 valence electrons. The predicted octanol–water partition coefficient (Wildman–Crippen LogP) is 2.41. The van der Waals surface area contributed by atoms with Gasteiger partial charge in [0.15, 0.2) is 0 Å². The Morgan fingerprint density at radius 2 is 1.93 bits per heavy atom. The van der Waals surface area contributed by atoms with Gasteiger partial charge >= 0.3 is 5.97 Å². The average molecular weight is 236 g/mol. The van der Waals surface area contributed by atoms with E-state index >= 15 is 0 Å². The maximum absolute atomic E-state index is 10.9. The van der Waals surface area contributed by atoms with Crippen molar-refractivity contribution in [1.82, 2.24) is 0 Å². The molecule has 1 aliphatic rings. The molecule has 0 aliphatic heterocycles. The molecule has 15 heavy (non-hydrogen) atoms. The fraction of sp³-hybridized carbons (Fsp3) is 0.909. The first kappa shape index (κ1) is 14.7. The van der Waals surface area contributed by atoms with Gasteiger partial charge in [-0.3, -0.25) is 4.79 Å². The van der Waals surface area contributed by atoms with Gasteiger partial charge in [-0.25, -0.2) is 0 Å². The number of methoxy groups -OCH3 is 1. The number of ether oxygens (including phenoxy) is 1. The molecule has 1 aliphatic carbocycles. The second-order valence-electron chi connectivity index (χ2n) is 4.35. The minimum atomic E-state index is -0.121. The van der Waals surface area contributed by atoms with Gasteiger partial charge in [0.1, 0.15) is 0 Å². The lowest BCUT2D eigenvalue weighted by atomic mass is 9.79. The van der Waals surface area contributed by atoms with Crippen LogP contribution in [0.5, 0.6) is 0 Å². The fourth-order valence-corrected chi connectivity index (χ4v) is 2.19. The molecule has 0 atom stereocenters. The summed E-state index contributed by atoms with van der Waals surface area (Å²) in [7, 11) is 1.43. The Hall–Kier alpha value is -0.280. The Bertz CT molecular complexity index is 191. The van der Waals surface area contributed by atoms with E-state index in [1.165, 1.54) is 26.4 Å². The number of rotatable bonds is 4. The zero-order valence-electron chi connectivity index (χ0n) is 9.46. The van der Waals surface area contributed by atoms with Gasteiger partial charge in [0.05, 0.1) is 7.11 Å². The summed E-state index contributed by atoms with van der Waals surface area (Å²) in [6.45, 7) is 0. The van der Waals surface area contributed by atoms with E-state index in [0.717, 1.165) is 25.7 Å². The summed E-state index contributed by atoms with van der Waals surface area (Å²) in [6, 6.07) is 0. The number of nitrogens with two attached hydrogens (primary N) is 1. The van der Waals surface area contributed by atoms with Gasteiger partial charge in [0, 0.05) is 12.0 Å². The number of carbonyl (C=O) groups excluding carboxylic acids is 1. The first-order chi connectivity index (χ1) is 6.66. The normalized spacial score (nSPS) is 19.1. The second kappa shape index (κ2) is 7.07. The Kier molecular flexibility index (Phi) is 6.94. The molecule has 0 aromatic heterocycles. The van der Waals surface area contributed by atoms with Gasteiger partial charge in [-0.1, -0.05) is 19.3 Å². The molecule has 0 aromatic carbocycles. The van der Waals surface area contributed by atoms with Crippen LogP contribution in [0, 0.1) is 0 Å². The molecule has 2 N–H and O–H groups in total. The van der Waals surface area contributed by atoms with Crippen LogP contribution in [0.4, 0.5) is 0 Å². The Labute approximate surface area is 98.2 Å². The van der Waals surface area contributed by atoms with E-state index in [4.69, 9.17) is 5.73 Å². The highest BCUT2D eigenvalue weighted by Gasteiger charge is 2.26. The van der Waals surface area contributed by atoms with Gasteiger partial charge in [-0.15, -0.1) is 12.4 Å². The minimum Gasteiger partial charge on any atom is -0.469 e. The molecule has 4 heteroatoms. The standard InChI is InChI=1S/C11H21NO2.ClH/c1-14-10(13)6-5-9-11(12)7-3-2-4-8-11;/h2-9,12H2,1H3;1H. The number of hydrogen-bond donors (Lipinski definition) is 1. The van der Waals surface area contributed by atoms with Crippen molar-refractivity contribution < 1.29 is 9.53 Å². The lowest BCUT2D eigenvalue weighted by molar-refractivity contribution is -0.140. The first-order valence-electron chi connectivity index (χ1n) is 5.52. The molecule has 0 saturated heterocycles. The third kappa shape index (κ3) is 5.38. The molecule has 1 saturated carbocycles. The summed E-state index contributed by atoms with van der Waals surface area (Å²) in [5.41, 5.74) is 6.24. The summed E-state index contributed by atoms with van der Waals surface area (Å²) in [5.74, 6) is -0.121. The lowest BCUT2D eigenvalue weighted by Crippen LogP contribution is -2.41. The number of esters is 1. The summed E-state index contributed by atoms with van der Waals surface area (Å²) in [4.78, 5) is 10.9. The third-order valence-corrected chi connectivity index (χ3v) is 3.13. The molecular weight excluding hydrogens is 214 g/mol. The Morgan fingerprint density at radius 1 is 1.33 bits per heavy atom. The quantitative estimate of drug-likeness (QED) is 0.762. The lowest BCUT2D eigenvalue weighted by Gasteiger charge is -2.33. The molecule has 0 aromatic rings. The van der Waals surface area contributed by atoms with E-state index in [9.17, 15) is 4.79 Å². The van der Waals surface area contributed by atoms with Crippen LogP contribution in [0.15, 0.2) is 0 Å². The van der Waals surface area contributed by atoms with E-state index in [1.807, 2.05) is 0 Å². The van der Waals surface area contributed by atoms with Crippen LogP contribution in [0.3, 0.4) is 0 Å². The van der Waals surface area contributed by atoms with Crippen molar-refractivity contribution in [3.8, 4) is 0 Å². The molecular formula is C11H22ClNO2. The largest absolute Gasteiger partial charge is 0.469 e. The zero-order chi connectivity index (χ0) is 10.4. The molecule has 0 amide bonds. The van der Waals surface area contributed by atoms with Crippen molar-refractivity contribution in [2.24, 2.45) is 5.73 Å². The van der Waals surface area contributed by atoms with Gasteiger partial charge in [-0.2, -0.15) is 0 Å². The molecule has 0 unspecified atom stereocenters. The molecule has 0 heterocycles. The summed E-state index contributed by atoms with van der Waals surface area (Å²) >= 11 is 0. The highest BCUT2D eigenvalue weighted by Crippen LogP contribution is 2.29. The topological polar surface area (TPSA) is 52.3 Å². The van der Waals surface area contributed by atoms with Crippen LogP contribution in [-0.2, 0) is 9.53 Å². The van der Waals surface area contributed by atoms with Crippen molar-refractivity contribution in [3.63, 3.8) is 0 Å². The summed E-state index contributed by atoms with van der Waals surface area (Å²) < 4.78 is 4.59. The second-order valence-corrected chi connectivity index (χ2v) is 4.35. The summed E-state index contributed by atoms with van der Waals surface area (Å²) in [5, 5.41) is 0. The average Bonchev–Trinajstić information content (AvgIpc) is 2.18. The highest BCUT2D eigenvalue weighted by molar-refractivity contribution is 5.85. The van der Waals surface area contributed by atoms with Crippen molar-refractivity contribution in [3.05, 3.63) is 0 Å². The third-order valence-electron chi connectivity index (χ3n) is 3.13. The maximum Gasteiger partial charge on any atom is 0.305 e. The van der Waals surface area contributed by atoms with Gasteiger partial charge in [0.2, 0.25) is 0 Å². The number of carbonyl (C=O) groups is 1. The van der Waals surface area contributed by atoms with Crippen LogP contribution in [0.1, 0.15) is 51.4 Å². The van der Waals surface area contributed by atoms with E-state index in [-0.39, 0.29) is 23.9 Å². The van der Waals surface area contributed by atoms with Crippen LogP contribution < -0.4 is 5.73 Å². The maximum atomic E-state index is 10.9. The Morgan fingerprint density at radius 3 is 2.47 bits per heavy atom. The van der Waals surface area contributed by atoms with Crippen LogP contribution in [0.25, 0.3) is 0 Å². The summed E-state index contributed by atoms with van der Waals surface area (Å²) in [6.07, 6.45) is 8.38. The Balaban J connectivity index is 0.00000196. The number of halogens is 1. The molecule has 1 rings (SSSR count). The molecule has 3 nitrogen and oxygen atoms in total. The molecule has 0 bridgehead atoms. The van der Waals surface area contributed by atoms with Crippen LogP contribution in [-0.4, -0.2) is 18.6 Å². The van der Waals surface area contributed by atoms with Crippen molar-refractivity contribution in [2.75, 3.05) is 7.11 Å². The van der Waals surface area contributed by atoms with Crippen molar-refractivity contribution in [2.45, 2.75) is 56.9 Å². The number of hydrogen-bond acceptors (Lipinski definition) is 3. The fourth-order valence-electron chi connectivity index (χ4n) is 2.19. The van der Waals surface area contributed by atoms with Gasteiger partial charge < -0.3 is 10.5 Å². The zero-order valence-corrected chi connectivity index (χ0v) is 10.3. The monoisotopic (exact) mass is 235 g/mol. The van der Waals surface area contributed by atoms with E-state index in [2.05, 4.69) is 4.74 Å². The van der Waals surface area contributed by atoms with Gasteiger partial charge in [0.25, 0.3) is 0 Å². The SMILES string of the molecule is COC(=O)CCCC1(N)CCCCC1.Cl. The molecule has 0 radical (unpaired) electrons. The van der Waals surface area contributed by atoms with E-state index in [0.29, 0.717) is 6.42 Å². The van der Waals surface area contributed by atoms with Crippen LogP contribution >= 0.6 is 12.4 Å². The minimum absolute atomic E-state index is 0. The van der Waals surface area contributed by atoms with Crippen LogP contribution in [0.2, 0.25) is 0 Å². The molecule has 0 spiro atoms. The smallest absolute Gasteiger partial charge is 0.305 e.